The molecule has 0 spiro atoms. The van der Waals surface area contributed by atoms with Crippen LogP contribution in [0.15, 0.2) is 48.5 Å². The van der Waals surface area contributed by atoms with E-state index in [-0.39, 0.29) is 70.3 Å². The lowest BCUT2D eigenvalue weighted by Crippen LogP contribution is -2.34. The fraction of sp³-hybridized carbons (Fsp3) is 0.429. The number of benzene rings is 2. The topological polar surface area (TPSA) is 59.2 Å². The van der Waals surface area contributed by atoms with Crippen LogP contribution in [0.5, 0.6) is 0 Å². The first-order chi connectivity index (χ1) is 12.2. The Kier molecular flexibility index (Phi) is 19.4. The highest BCUT2D eigenvalue weighted by Gasteiger charge is 2.14. The highest BCUT2D eigenvalue weighted by molar-refractivity contribution is 5.98. The summed E-state index contributed by atoms with van der Waals surface area (Å²) in [5.74, 6) is -0.334. The van der Waals surface area contributed by atoms with Crippen LogP contribution in [-0.2, 0) is 11.3 Å². The lowest BCUT2D eigenvalue weighted by molar-refractivity contribution is 0.0468. The summed E-state index contributed by atoms with van der Waals surface area (Å²) < 4.78 is 6.09. The third-order valence-corrected chi connectivity index (χ3v) is 4.32. The number of ketones is 1. The summed E-state index contributed by atoms with van der Waals surface area (Å²) >= 11 is 0. The van der Waals surface area contributed by atoms with E-state index in [4.69, 9.17) is 4.74 Å². The highest BCUT2D eigenvalue weighted by atomic mass is 16.5. The molecule has 0 fully saturated rings. The molecule has 1 N–H and O–H groups in total. The van der Waals surface area contributed by atoms with E-state index in [0.29, 0.717) is 15.6 Å². The van der Waals surface area contributed by atoms with Crippen molar-refractivity contribution < 1.29 is 14.3 Å². The Bertz CT molecular complexity index is 965. The zero-order valence-electron chi connectivity index (χ0n) is 15.5. The fourth-order valence-corrected chi connectivity index (χ4v) is 2.76. The van der Waals surface area contributed by atoms with Crippen LogP contribution < -0.4 is 4.48 Å². The third kappa shape index (κ3) is 9.62. The van der Waals surface area contributed by atoms with Gasteiger partial charge >= 0.3 is 5.97 Å². The van der Waals surface area contributed by atoms with Crippen molar-refractivity contribution in [2.45, 2.75) is 65.5 Å². The largest absolute Gasteiger partial charge is 0.456 e. The number of rotatable bonds is 5. The number of H-pyrrole nitrogens is 1. The van der Waals surface area contributed by atoms with Gasteiger partial charge in [-0.15, -0.1) is 0 Å². The summed E-state index contributed by atoms with van der Waals surface area (Å²) in [4.78, 5) is 26.9. The van der Waals surface area contributed by atoms with Gasteiger partial charge in [-0.25, -0.2) is 4.79 Å². The quantitative estimate of drug-likeness (QED) is 0.235. The number of carbonyl (C=O) groups is 2. The Morgan fingerprint density at radius 2 is 1.30 bits per heavy atom. The molecule has 3 aromatic rings. The van der Waals surface area contributed by atoms with Gasteiger partial charge in [-0.1, -0.05) is 52.0 Å². The number of fused-ring (bicyclic) bond motifs is 1. The van der Waals surface area contributed by atoms with E-state index in [2.05, 4.69) is 26.1 Å². The molecule has 0 bridgehead atoms. The zero-order valence-corrected chi connectivity index (χ0v) is 15.5. The molecule has 1 heterocycles. The number of ether oxygens (including phenoxy) is 1. The zero-order chi connectivity index (χ0) is 18.9. The average Bonchev–Trinajstić information content (AvgIpc) is 3.01. The lowest BCUT2D eigenvalue weighted by atomic mass is 10.1. The molecule has 33 heavy (non-hydrogen) atoms. The molecular weight excluding hydrogens is 412 g/mol. The molecule has 0 saturated heterocycles. The molecule has 0 saturated carbocycles. The first-order valence-electron chi connectivity index (χ1n) is 8.46. The van der Waals surface area contributed by atoms with Crippen molar-refractivity contribution in [3.05, 3.63) is 65.4 Å². The Labute approximate surface area is 204 Å². The van der Waals surface area contributed by atoms with Gasteiger partial charge < -0.3 is 9.72 Å². The Morgan fingerprint density at radius 1 is 0.788 bits per heavy atom. The maximum absolute atomic E-state index is 12.3. The van der Waals surface area contributed by atoms with E-state index in [9.17, 15) is 9.59 Å². The number of hydrogen-bond donors (Lipinski definition) is 1. The molecule has 3 rings (SSSR count). The van der Waals surface area contributed by atoms with Crippen LogP contribution >= 0.6 is 0 Å². The van der Waals surface area contributed by atoms with Gasteiger partial charge in [0.25, 0.3) is 0 Å². The number of Topliss-reactive ketones (excluding diaryl/α,β-unsaturated/α-hetero) is 1. The molecular formula is C28H51N2O3+. The van der Waals surface area contributed by atoms with Gasteiger partial charge in [0.15, 0.2) is 5.78 Å². The molecule has 5 heteroatoms. The second kappa shape index (κ2) is 15.8. The van der Waals surface area contributed by atoms with Crippen molar-refractivity contribution in [2.24, 2.45) is 0 Å². The number of quaternary nitrogens is 1. The Hall–Kier alpha value is -2.92. The normalized spacial score (nSPS) is 9.09. The van der Waals surface area contributed by atoms with E-state index >= 15 is 0 Å². The molecule has 5 nitrogen and oxygen atoms in total. The molecule has 0 unspecified atom stereocenters. The summed E-state index contributed by atoms with van der Waals surface area (Å²) in [5.41, 5.74) is 4.00. The van der Waals surface area contributed by atoms with Crippen LogP contribution in [0.25, 0.3) is 10.9 Å². The molecule has 0 radical (unpaired) electrons. The van der Waals surface area contributed by atoms with E-state index in [1.165, 1.54) is 0 Å². The van der Waals surface area contributed by atoms with E-state index in [0.717, 1.165) is 22.3 Å². The fourth-order valence-electron chi connectivity index (χ4n) is 2.76. The minimum Gasteiger partial charge on any atom is -0.456 e. The second-order valence-corrected chi connectivity index (χ2v) is 7.29. The SMILES string of the molecule is C.C.C.C.C.C.C.CC(=O)c1ccc2[nH]c(COC(=O)c3ccc([N+](C)(C)C)cc3)cc2c1. The third-order valence-electron chi connectivity index (χ3n) is 4.32. The average molecular weight is 464 g/mol. The Morgan fingerprint density at radius 3 is 1.79 bits per heavy atom. The van der Waals surface area contributed by atoms with Crippen LogP contribution in [0.3, 0.4) is 0 Å². The van der Waals surface area contributed by atoms with Crippen molar-refractivity contribution in [1.82, 2.24) is 9.47 Å². The minimum atomic E-state index is -0.360. The lowest BCUT2D eigenvalue weighted by Gasteiger charge is -2.23. The molecule has 190 valence electrons. The molecule has 0 aliphatic rings. The van der Waals surface area contributed by atoms with Crippen molar-refractivity contribution in [3.8, 4) is 0 Å². The molecule has 0 aliphatic heterocycles. The van der Waals surface area contributed by atoms with Crippen LogP contribution in [0.4, 0.5) is 5.69 Å². The van der Waals surface area contributed by atoms with Gasteiger partial charge in [0.1, 0.15) is 12.3 Å². The minimum absolute atomic E-state index is 0. The maximum Gasteiger partial charge on any atom is 0.338 e. The van der Waals surface area contributed by atoms with Crippen LogP contribution in [0.2, 0.25) is 0 Å². The first kappa shape index (κ1) is 40.4. The number of aromatic nitrogens is 1. The predicted octanol–water partition coefficient (Wildman–Crippen LogP) is 8.38. The monoisotopic (exact) mass is 463 g/mol. The summed E-state index contributed by atoms with van der Waals surface area (Å²) in [6, 6.07) is 14.8. The number of hydrogen-bond acceptors (Lipinski definition) is 3. The first-order valence-corrected chi connectivity index (χ1v) is 8.46. The smallest absolute Gasteiger partial charge is 0.338 e. The van der Waals surface area contributed by atoms with Gasteiger partial charge in [-0.3, -0.25) is 9.28 Å². The highest BCUT2D eigenvalue weighted by Crippen LogP contribution is 2.20. The van der Waals surface area contributed by atoms with E-state index in [1.807, 2.05) is 30.3 Å². The molecule has 0 amide bonds. The van der Waals surface area contributed by atoms with Gasteiger partial charge in [0.05, 0.1) is 32.4 Å². The van der Waals surface area contributed by atoms with Crippen LogP contribution in [0, 0.1) is 0 Å². The van der Waals surface area contributed by atoms with Gasteiger partial charge in [0.2, 0.25) is 0 Å². The maximum atomic E-state index is 12.3. The van der Waals surface area contributed by atoms with E-state index < -0.39 is 0 Å². The van der Waals surface area contributed by atoms with E-state index in [1.54, 1.807) is 25.1 Å². The second-order valence-electron chi connectivity index (χ2n) is 7.29. The van der Waals surface area contributed by atoms with Crippen molar-refractivity contribution in [2.75, 3.05) is 21.1 Å². The van der Waals surface area contributed by atoms with Crippen LogP contribution in [-0.4, -0.2) is 37.9 Å². The number of esters is 1. The summed E-state index contributed by atoms with van der Waals surface area (Å²) in [6.45, 7) is 1.69. The number of carbonyl (C=O) groups excluding carboxylic acids is 2. The van der Waals surface area contributed by atoms with Crippen molar-refractivity contribution in [3.63, 3.8) is 0 Å². The van der Waals surface area contributed by atoms with Crippen molar-refractivity contribution in [1.29, 1.82) is 0 Å². The number of aromatic amines is 1. The Balaban J connectivity index is -0.000000373. The molecule has 0 atom stereocenters. The summed E-state index contributed by atoms with van der Waals surface area (Å²) in [5, 5.41) is 0.927. The van der Waals surface area contributed by atoms with Crippen molar-refractivity contribution >= 4 is 28.3 Å². The van der Waals surface area contributed by atoms with Crippen LogP contribution in [0.1, 0.15) is 85.3 Å². The molecule has 1 aromatic heterocycles. The number of nitrogens with zero attached hydrogens (tertiary/aromatic N) is 1. The summed E-state index contributed by atoms with van der Waals surface area (Å²) in [7, 11) is 6.21. The predicted molar refractivity (Wildman–Crippen MR) is 151 cm³/mol. The summed E-state index contributed by atoms with van der Waals surface area (Å²) in [6.07, 6.45) is 0. The molecule has 2 aromatic carbocycles. The van der Waals surface area contributed by atoms with Gasteiger partial charge in [0, 0.05) is 16.5 Å². The number of nitrogens with one attached hydrogen (secondary N) is 1. The molecule has 0 aliphatic carbocycles. The van der Waals surface area contributed by atoms with Gasteiger partial charge in [-0.2, -0.15) is 0 Å². The van der Waals surface area contributed by atoms with Gasteiger partial charge in [-0.05, 0) is 55.5 Å². The standard InChI is InChI=1S/C21H22N2O3.7CH4/c1-14(24)16-7-10-20-17(11-16)12-18(22-20)13-26-21(25)15-5-8-19(9-6-15)23(2,3)4;;;;;;;/h5-12H,13H2,1-4H3;7*1H4/p+1.